The van der Waals surface area contributed by atoms with Crippen LogP contribution in [0.1, 0.15) is 27.3 Å². The van der Waals surface area contributed by atoms with Gasteiger partial charge >= 0.3 is 5.97 Å². The predicted octanol–water partition coefficient (Wildman–Crippen LogP) is 1.000. The van der Waals surface area contributed by atoms with Crippen LogP contribution in [0.3, 0.4) is 0 Å². The van der Waals surface area contributed by atoms with E-state index in [1.54, 1.807) is 0 Å². The first kappa shape index (κ1) is 19.3. The lowest BCUT2D eigenvalue weighted by molar-refractivity contribution is 0.0592. The zero-order valence-electron chi connectivity index (χ0n) is 16.0. The van der Waals surface area contributed by atoms with E-state index in [4.69, 9.17) is 4.74 Å². The van der Waals surface area contributed by atoms with Crippen LogP contribution in [0, 0.1) is 0 Å². The molecule has 1 aliphatic rings. The number of methoxy groups -OCH3 is 1. The minimum atomic E-state index is -3.59. The molecule has 0 saturated carbocycles. The van der Waals surface area contributed by atoms with E-state index in [0.29, 0.717) is 43.0 Å². The highest BCUT2D eigenvalue weighted by Crippen LogP contribution is 2.26. The van der Waals surface area contributed by atoms with E-state index < -0.39 is 21.4 Å². The van der Waals surface area contributed by atoms with E-state index in [9.17, 15) is 18.0 Å². The topological polar surface area (TPSA) is 125 Å². The predicted molar refractivity (Wildman–Crippen MR) is 105 cm³/mol. The van der Waals surface area contributed by atoms with Crippen LogP contribution in [-0.4, -0.2) is 54.1 Å². The molecule has 2 N–H and O–H groups in total. The summed E-state index contributed by atoms with van der Waals surface area (Å²) in [7, 11) is -2.26. The number of fused-ring (bicyclic) bond motifs is 2. The number of nitrogens with zero attached hydrogens (tertiary/aromatic N) is 2. The van der Waals surface area contributed by atoms with Crippen LogP contribution in [-0.2, 0) is 34.1 Å². The van der Waals surface area contributed by atoms with Crippen molar-refractivity contribution in [1.29, 1.82) is 0 Å². The van der Waals surface area contributed by atoms with E-state index >= 15 is 0 Å². The van der Waals surface area contributed by atoms with Gasteiger partial charge in [-0.05, 0) is 6.07 Å². The third-order valence-electron chi connectivity index (χ3n) is 5.06. The summed E-state index contributed by atoms with van der Waals surface area (Å²) < 4.78 is 28.3. The summed E-state index contributed by atoms with van der Waals surface area (Å²) in [5, 5.41) is 0.609. The fraction of sp³-hybridized carbons (Fsp3) is 0.316. The highest BCUT2D eigenvalue weighted by atomic mass is 32.2. The van der Waals surface area contributed by atoms with Crippen molar-refractivity contribution in [3.05, 3.63) is 57.1 Å². The number of aromatic amines is 2. The molecule has 0 unspecified atom stereocenters. The van der Waals surface area contributed by atoms with Crippen molar-refractivity contribution in [2.24, 2.45) is 0 Å². The number of ether oxygens (including phenoxy) is 1. The van der Waals surface area contributed by atoms with Gasteiger partial charge in [0, 0.05) is 48.8 Å². The number of para-hydroxylation sites is 1. The molecule has 4 rings (SSSR count). The number of H-pyrrole nitrogens is 2. The molecule has 1 aromatic carbocycles. The van der Waals surface area contributed by atoms with Crippen LogP contribution < -0.4 is 5.56 Å². The monoisotopic (exact) mass is 416 g/mol. The number of carbonyl (C=O) groups excluding carboxylic acids is 1. The van der Waals surface area contributed by atoms with Crippen molar-refractivity contribution >= 4 is 26.7 Å². The molecule has 0 aliphatic carbocycles. The first-order valence-corrected chi connectivity index (χ1v) is 10.9. The maximum atomic E-state index is 12.4. The van der Waals surface area contributed by atoms with Gasteiger partial charge in [0.05, 0.1) is 18.4 Å². The Labute approximate surface area is 166 Å². The van der Waals surface area contributed by atoms with Crippen LogP contribution in [0.4, 0.5) is 0 Å². The number of nitrogens with one attached hydrogen (secondary N) is 2. The molecule has 3 aromatic rings. The average molecular weight is 416 g/mol. The Morgan fingerprint density at radius 3 is 2.76 bits per heavy atom. The van der Waals surface area contributed by atoms with Gasteiger partial charge in [-0.1, -0.05) is 18.2 Å². The van der Waals surface area contributed by atoms with E-state index in [1.807, 2.05) is 29.2 Å². The SMILES string of the molecule is COC(=O)c1[nH]c2ccccc2c1CN1CCc2nc(S(C)(=O)=O)[nH]c(=O)c2C1. The Bertz CT molecular complexity index is 1280. The standard InChI is InChI=1S/C19H20N4O5S/c1-28-18(25)16-12(11-5-3-4-6-14(11)20-16)9-23-8-7-15-13(10-23)17(24)22-19(21-15)29(2,26)27/h3-6,20H,7-10H2,1-2H3,(H,21,22,24). The number of benzene rings is 1. The lowest BCUT2D eigenvalue weighted by Gasteiger charge is -2.27. The molecule has 152 valence electrons. The van der Waals surface area contributed by atoms with Crippen molar-refractivity contribution < 1.29 is 17.9 Å². The molecule has 0 fully saturated rings. The lowest BCUT2D eigenvalue weighted by Crippen LogP contribution is -2.36. The fourth-order valence-corrected chi connectivity index (χ4v) is 4.19. The van der Waals surface area contributed by atoms with Gasteiger partial charge < -0.3 is 9.72 Å². The van der Waals surface area contributed by atoms with Crippen LogP contribution in [0.2, 0.25) is 0 Å². The molecule has 0 spiro atoms. The quantitative estimate of drug-likeness (QED) is 0.480. The summed E-state index contributed by atoms with van der Waals surface area (Å²) in [4.78, 5) is 36.3. The molecule has 0 bridgehead atoms. The number of carbonyl (C=O) groups is 1. The minimum Gasteiger partial charge on any atom is -0.464 e. The second-order valence-electron chi connectivity index (χ2n) is 7.04. The van der Waals surface area contributed by atoms with Crippen molar-refractivity contribution in [3.63, 3.8) is 0 Å². The normalized spacial score (nSPS) is 14.7. The zero-order chi connectivity index (χ0) is 20.8. The lowest BCUT2D eigenvalue weighted by atomic mass is 10.0. The smallest absolute Gasteiger partial charge is 0.354 e. The maximum Gasteiger partial charge on any atom is 0.354 e. The van der Waals surface area contributed by atoms with E-state index in [0.717, 1.165) is 22.7 Å². The Kier molecular flexibility index (Phi) is 4.75. The van der Waals surface area contributed by atoms with Crippen LogP contribution in [0.5, 0.6) is 0 Å². The second-order valence-corrected chi connectivity index (χ2v) is 8.98. The molecule has 1 aliphatic heterocycles. The average Bonchev–Trinajstić information content (AvgIpc) is 3.05. The first-order chi connectivity index (χ1) is 13.8. The largest absolute Gasteiger partial charge is 0.464 e. The third kappa shape index (κ3) is 3.56. The Morgan fingerprint density at radius 1 is 1.28 bits per heavy atom. The zero-order valence-corrected chi connectivity index (χ0v) is 16.8. The van der Waals surface area contributed by atoms with Crippen molar-refractivity contribution in [2.45, 2.75) is 24.7 Å². The summed E-state index contributed by atoms with van der Waals surface area (Å²) in [5.74, 6) is -0.453. The second kappa shape index (κ2) is 7.12. The number of hydrogen-bond acceptors (Lipinski definition) is 7. The number of sulfone groups is 1. The number of rotatable bonds is 4. The van der Waals surface area contributed by atoms with Gasteiger partial charge in [0.15, 0.2) is 0 Å². The van der Waals surface area contributed by atoms with Crippen molar-refractivity contribution in [3.8, 4) is 0 Å². The summed E-state index contributed by atoms with van der Waals surface area (Å²) in [5.41, 5.74) is 2.51. The molecule has 9 nitrogen and oxygen atoms in total. The minimum absolute atomic E-state index is 0.306. The third-order valence-corrected chi connectivity index (χ3v) is 5.96. The van der Waals surface area contributed by atoms with Gasteiger partial charge in [-0.25, -0.2) is 18.2 Å². The molecular formula is C19H20N4O5S. The molecule has 3 heterocycles. The van der Waals surface area contributed by atoms with Crippen LogP contribution in [0.15, 0.2) is 34.2 Å². The van der Waals surface area contributed by atoms with Crippen LogP contribution in [0.25, 0.3) is 10.9 Å². The molecular weight excluding hydrogens is 396 g/mol. The molecule has 10 heteroatoms. The number of esters is 1. The van der Waals surface area contributed by atoms with E-state index in [-0.39, 0.29) is 5.16 Å². The van der Waals surface area contributed by atoms with E-state index in [1.165, 1.54) is 7.11 Å². The van der Waals surface area contributed by atoms with Gasteiger partial charge in [0.1, 0.15) is 5.69 Å². The molecule has 0 radical (unpaired) electrons. The Morgan fingerprint density at radius 2 is 2.03 bits per heavy atom. The van der Waals surface area contributed by atoms with Gasteiger partial charge in [-0.2, -0.15) is 0 Å². The van der Waals surface area contributed by atoms with Gasteiger partial charge in [0.25, 0.3) is 5.56 Å². The van der Waals surface area contributed by atoms with Gasteiger partial charge in [-0.15, -0.1) is 0 Å². The summed E-state index contributed by atoms with van der Waals surface area (Å²) >= 11 is 0. The molecule has 0 saturated heterocycles. The first-order valence-electron chi connectivity index (χ1n) is 9.00. The van der Waals surface area contributed by atoms with Gasteiger partial charge in [-0.3, -0.25) is 14.7 Å². The van der Waals surface area contributed by atoms with Crippen LogP contribution >= 0.6 is 0 Å². The molecule has 2 aromatic heterocycles. The van der Waals surface area contributed by atoms with Gasteiger partial charge in [0.2, 0.25) is 15.0 Å². The number of hydrogen-bond donors (Lipinski definition) is 2. The van der Waals surface area contributed by atoms with E-state index in [2.05, 4.69) is 15.0 Å². The molecule has 0 atom stereocenters. The Balaban J connectivity index is 1.68. The summed E-state index contributed by atoms with van der Waals surface area (Å²) in [6.45, 7) is 1.32. The summed E-state index contributed by atoms with van der Waals surface area (Å²) in [6.07, 6.45) is 1.45. The Hall–Kier alpha value is -2.98. The molecule has 0 amide bonds. The molecule has 29 heavy (non-hydrogen) atoms. The highest BCUT2D eigenvalue weighted by molar-refractivity contribution is 7.90. The van der Waals surface area contributed by atoms with Crippen molar-refractivity contribution in [1.82, 2.24) is 19.9 Å². The number of aromatic nitrogens is 3. The maximum absolute atomic E-state index is 12.4. The summed E-state index contributed by atoms with van der Waals surface area (Å²) in [6, 6.07) is 7.59. The fourth-order valence-electron chi connectivity index (χ4n) is 3.63. The van der Waals surface area contributed by atoms with Crippen molar-refractivity contribution in [2.75, 3.05) is 19.9 Å². The highest BCUT2D eigenvalue weighted by Gasteiger charge is 2.26.